The van der Waals surface area contributed by atoms with Crippen molar-refractivity contribution in [2.45, 2.75) is 10.2 Å². The lowest BCUT2D eigenvalue weighted by Crippen LogP contribution is -2.06. The van der Waals surface area contributed by atoms with Crippen molar-refractivity contribution in [1.82, 2.24) is 9.97 Å². The number of halogens is 1. The highest BCUT2D eigenvalue weighted by Crippen LogP contribution is 2.12. The van der Waals surface area contributed by atoms with Crippen molar-refractivity contribution in [2.75, 3.05) is 6.26 Å². The topological polar surface area (TPSA) is 94.1 Å². The molecule has 0 aliphatic carbocycles. The smallest absolute Gasteiger partial charge is 0.227 e. The highest BCUT2D eigenvalue weighted by molar-refractivity contribution is 8.13. The Morgan fingerprint density at radius 2 is 1.86 bits per heavy atom. The molecule has 1 aromatic rings. The summed E-state index contributed by atoms with van der Waals surface area (Å²) in [5, 5.41) is -1.10. The van der Waals surface area contributed by atoms with Crippen LogP contribution in [0.3, 0.4) is 0 Å². The fourth-order valence-electron chi connectivity index (χ4n) is 0.640. The zero-order valence-electron chi connectivity index (χ0n) is 6.88. The maximum Gasteiger partial charge on any atom is 0.278 e. The van der Waals surface area contributed by atoms with Gasteiger partial charge in [0.2, 0.25) is 15.0 Å². The van der Waals surface area contributed by atoms with Gasteiger partial charge in [-0.15, -0.1) is 0 Å². The second kappa shape index (κ2) is 3.44. The van der Waals surface area contributed by atoms with Crippen LogP contribution in [0.2, 0.25) is 0 Å². The minimum Gasteiger partial charge on any atom is -0.227 e. The molecule has 0 amide bonds. The van der Waals surface area contributed by atoms with Gasteiger partial charge in [0.1, 0.15) is 0 Å². The maximum absolute atomic E-state index is 10.9. The van der Waals surface area contributed by atoms with Crippen molar-refractivity contribution >= 4 is 29.6 Å². The molecule has 1 heterocycles. The highest BCUT2D eigenvalue weighted by Gasteiger charge is 2.17. The molecule has 0 saturated carbocycles. The molecule has 0 atom stereocenters. The Balaban J connectivity index is 3.44. The first kappa shape index (κ1) is 11.3. The summed E-state index contributed by atoms with van der Waals surface area (Å²) in [4.78, 5) is 6.70. The molecule has 1 rings (SSSR count). The standard InChI is InChI=1S/C5H5ClN2O4S2/c1-13(9,10)5-7-3-2-4(8-5)14(6,11)12/h2-3H,1H3. The van der Waals surface area contributed by atoms with Gasteiger partial charge in [-0.3, -0.25) is 0 Å². The van der Waals surface area contributed by atoms with Crippen molar-refractivity contribution in [3.8, 4) is 0 Å². The van der Waals surface area contributed by atoms with Gasteiger partial charge in [0.05, 0.1) is 0 Å². The van der Waals surface area contributed by atoms with E-state index in [1.165, 1.54) is 0 Å². The van der Waals surface area contributed by atoms with E-state index in [9.17, 15) is 16.8 Å². The van der Waals surface area contributed by atoms with Gasteiger partial charge in [-0.1, -0.05) is 0 Å². The van der Waals surface area contributed by atoms with Crippen LogP contribution < -0.4 is 0 Å². The minimum absolute atomic E-state index is 0.533. The van der Waals surface area contributed by atoms with Crippen LogP contribution in [0.25, 0.3) is 0 Å². The van der Waals surface area contributed by atoms with E-state index in [-0.39, 0.29) is 0 Å². The number of rotatable bonds is 2. The van der Waals surface area contributed by atoms with Crippen molar-refractivity contribution < 1.29 is 16.8 Å². The molecule has 0 fully saturated rings. The molecule has 0 saturated heterocycles. The van der Waals surface area contributed by atoms with Crippen LogP contribution in [-0.2, 0) is 18.9 Å². The number of nitrogens with zero attached hydrogens (tertiary/aromatic N) is 2. The lowest BCUT2D eigenvalue weighted by Gasteiger charge is -1.97. The molecule has 0 aliphatic heterocycles. The normalized spacial score (nSPS) is 12.7. The van der Waals surface area contributed by atoms with Gasteiger partial charge in [0.25, 0.3) is 9.05 Å². The molecule has 78 valence electrons. The molecular formula is C5H5ClN2O4S2. The number of aromatic nitrogens is 2. The fraction of sp³-hybridized carbons (Fsp3) is 0.200. The Morgan fingerprint density at radius 1 is 1.29 bits per heavy atom. The van der Waals surface area contributed by atoms with E-state index < -0.39 is 29.1 Å². The Morgan fingerprint density at radius 3 is 2.29 bits per heavy atom. The van der Waals surface area contributed by atoms with Gasteiger partial charge >= 0.3 is 0 Å². The summed E-state index contributed by atoms with van der Waals surface area (Å²) in [6.07, 6.45) is 1.88. The molecule has 0 radical (unpaired) electrons. The van der Waals surface area contributed by atoms with Gasteiger partial charge in [-0.25, -0.2) is 26.8 Å². The monoisotopic (exact) mass is 256 g/mol. The van der Waals surface area contributed by atoms with Crippen molar-refractivity contribution in [2.24, 2.45) is 0 Å². The van der Waals surface area contributed by atoms with Crippen LogP contribution in [0.5, 0.6) is 0 Å². The predicted octanol–water partition coefficient (Wildman–Crippen LogP) is -0.192. The molecule has 0 spiro atoms. The van der Waals surface area contributed by atoms with Crippen LogP contribution in [-0.4, -0.2) is 33.1 Å². The van der Waals surface area contributed by atoms with E-state index in [0.717, 1.165) is 18.5 Å². The Labute approximate surface area is 85.3 Å². The van der Waals surface area contributed by atoms with Crippen LogP contribution in [0.4, 0.5) is 0 Å². The first-order valence-corrected chi connectivity index (χ1v) is 7.39. The lowest BCUT2D eigenvalue weighted by atomic mass is 10.7. The average molecular weight is 257 g/mol. The summed E-state index contributed by atoms with van der Waals surface area (Å²) >= 11 is 0. The second-order valence-electron chi connectivity index (χ2n) is 2.39. The molecule has 0 aromatic carbocycles. The summed E-state index contributed by atoms with van der Waals surface area (Å²) < 4.78 is 43.5. The van der Waals surface area contributed by atoms with E-state index >= 15 is 0 Å². The second-order valence-corrected chi connectivity index (χ2v) is 6.81. The van der Waals surface area contributed by atoms with Crippen LogP contribution >= 0.6 is 10.7 Å². The average Bonchev–Trinajstić information content (AvgIpc) is 2.01. The third kappa shape index (κ3) is 2.63. The molecule has 0 aliphatic rings. The molecule has 0 bridgehead atoms. The molecule has 0 N–H and O–H groups in total. The third-order valence-electron chi connectivity index (χ3n) is 1.19. The SMILES string of the molecule is CS(=O)(=O)c1nccc(S(=O)(=O)Cl)n1. The van der Waals surface area contributed by atoms with E-state index in [0.29, 0.717) is 0 Å². The fourth-order valence-corrected chi connectivity index (χ4v) is 1.89. The first-order chi connectivity index (χ1) is 6.21. The first-order valence-electron chi connectivity index (χ1n) is 3.19. The summed E-state index contributed by atoms with van der Waals surface area (Å²) in [6, 6.07) is 1.01. The van der Waals surface area contributed by atoms with Crippen LogP contribution in [0.15, 0.2) is 22.4 Å². The Hall–Kier alpha value is -0.730. The quantitative estimate of drug-likeness (QED) is 0.413. The zero-order valence-corrected chi connectivity index (χ0v) is 9.27. The summed E-state index contributed by atoms with van der Waals surface area (Å²) in [5.41, 5.74) is 0. The largest absolute Gasteiger partial charge is 0.278 e. The molecule has 1 aromatic heterocycles. The van der Waals surface area contributed by atoms with E-state index in [1.807, 2.05) is 0 Å². The van der Waals surface area contributed by atoms with E-state index in [1.54, 1.807) is 0 Å². The molecule has 6 nitrogen and oxygen atoms in total. The minimum atomic E-state index is -4.03. The van der Waals surface area contributed by atoms with Crippen molar-refractivity contribution in [1.29, 1.82) is 0 Å². The van der Waals surface area contributed by atoms with Crippen molar-refractivity contribution in [3.63, 3.8) is 0 Å². The van der Waals surface area contributed by atoms with Crippen molar-refractivity contribution in [3.05, 3.63) is 12.3 Å². The summed E-state index contributed by atoms with van der Waals surface area (Å²) in [6.45, 7) is 0. The number of hydrogen-bond acceptors (Lipinski definition) is 6. The number of hydrogen-bond donors (Lipinski definition) is 0. The number of sulfone groups is 1. The predicted molar refractivity (Wildman–Crippen MR) is 48.2 cm³/mol. The molecule has 9 heteroatoms. The van der Waals surface area contributed by atoms with Gasteiger partial charge < -0.3 is 0 Å². The van der Waals surface area contributed by atoms with Gasteiger partial charge in [0.15, 0.2) is 5.03 Å². The lowest BCUT2D eigenvalue weighted by molar-refractivity contribution is 0.587. The maximum atomic E-state index is 10.9. The van der Waals surface area contributed by atoms with E-state index in [2.05, 4.69) is 9.97 Å². The molecule has 14 heavy (non-hydrogen) atoms. The van der Waals surface area contributed by atoms with Gasteiger partial charge in [-0.2, -0.15) is 0 Å². The van der Waals surface area contributed by atoms with E-state index in [4.69, 9.17) is 10.7 Å². The van der Waals surface area contributed by atoms with Gasteiger partial charge in [0, 0.05) is 23.1 Å². The van der Waals surface area contributed by atoms with Gasteiger partial charge in [-0.05, 0) is 6.07 Å². The molecule has 0 unspecified atom stereocenters. The summed E-state index contributed by atoms with van der Waals surface area (Å²) in [5.74, 6) is 0. The summed E-state index contributed by atoms with van der Waals surface area (Å²) in [7, 11) is -2.69. The Bertz CT molecular complexity index is 504. The zero-order chi connectivity index (χ0) is 11.0. The Kier molecular flexibility index (Phi) is 2.79. The van der Waals surface area contributed by atoms with Crippen LogP contribution in [0, 0.1) is 0 Å². The third-order valence-corrected chi connectivity index (χ3v) is 3.25. The molecular weight excluding hydrogens is 252 g/mol. The highest BCUT2D eigenvalue weighted by atomic mass is 35.7. The van der Waals surface area contributed by atoms with Crippen LogP contribution in [0.1, 0.15) is 0 Å².